The zero-order chi connectivity index (χ0) is 13.3. The molecule has 0 radical (unpaired) electrons. The van der Waals surface area contributed by atoms with Gasteiger partial charge in [0.2, 0.25) is 5.82 Å². The van der Waals surface area contributed by atoms with E-state index in [1.54, 1.807) is 0 Å². The minimum absolute atomic E-state index is 0.0931. The van der Waals surface area contributed by atoms with Crippen LogP contribution < -0.4 is 5.73 Å². The Kier molecular flexibility index (Phi) is 3.58. The van der Waals surface area contributed by atoms with Crippen LogP contribution in [0.2, 0.25) is 0 Å². The van der Waals surface area contributed by atoms with Gasteiger partial charge in [0, 0.05) is 25.7 Å². The fourth-order valence-corrected chi connectivity index (χ4v) is 1.99. The summed E-state index contributed by atoms with van der Waals surface area (Å²) < 4.78 is 39.0. The van der Waals surface area contributed by atoms with Gasteiger partial charge in [-0.25, -0.2) is 0 Å². The molecule has 1 unspecified atom stereocenters. The van der Waals surface area contributed by atoms with Crippen molar-refractivity contribution >= 4 is 0 Å². The molecule has 1 atom stereocenters. The van der Waals surface area contributed by atoms with Gasteiger partial charge in [-0.15, -0.1) is 10.2 Å². The molecule has 0 fully saturated rings. The number of aromatic nitrogens is 3. The van der Waals surface area contributed by atoms with Crippen LogP contribution in [0.15, 0.2) is 0 Å². The smallest absolute Gasteiger partial charge is 0.328 e. The first-order valence-electron chi connectivity index (χ1n) is 5.85. The zero-order valence-electron chi connectivity index (χ0n) is 10.1. The van der Waals surface area contributed by atoms with Gasteiger partial charge < -0.3 is 10.3 Å². The molecule has 0 saturated carbocycles. The molecule has 8 heteroatoms. The molecule has 102 valence electrons. The second-order valence-electron chi connectivity index (χ2n) is 4.63. The highest BCUT2D eigenvalue weighted by atomic mass is 19.4. The lowest BCUT2D eigenvalue weighted by atomic mass is 10.2. The quantitative estimate of drug-likeness (QED) is 0.878. The van der Waals surface area contributed by atoms with Crippen molar-refractivity contribution in [3.8, 4) is 0 Å². The molecule has 1 aliphatic heterocycles. The molecule has 0 spiro atoms. The number of hydrogen-bond donors (Lipinski definition) is 1. The van der Waals surface area contributed by atoms with Crippen molar-refractivity contribution in [2.24, 2.45) is 5.73 Å². The number of halogens is 3. The maximum atomic E-state index is 12.6. The summed E-state index contributed by atoms with van der Waals surface area (Å²) in [5, 5.41) is 6.86. The molecule has 2 heterocycles. The molecule has 5 nitrogen and oxygen atoms in total. The molecule has 0 saturated heterocycles. The number of alkyl halides is 3. The van der Waals surface area contributed by atoms with Gasteiger partial charge in [-0.05, 0) is 13.3 Å². The molecular formula is C10H16F3N5. The van der Waals surface area contributed by atoms with E-state index in [0.717, 1.165) is 17.5 Å². The molecule has 1 aromatic heterocycles. The average molecular weight is 263 g/mol. The van der Waals surface area contributed by atoms with Crippen LogP contribution in [0.25, 0.3) is 0 Å². The van der Waals surface area contributed by atoms with Gasteiger partial charge in [0.25, 0.3) is 0 Å². The van der Waals surface area contributed by atoms with Crippen molar-refractivity contribution < 1.29 is 13.2 Å². The summed E-state index contributed by atoms with van der Waals surface area (Å²) in [6.07, 6.45) is -3.61. The Hall–Kier alpha value is -1.15. The van der Waals surface area contributed by atoms with Gasteiger partial charge in [0.15, 0.2) is 0 Å². The van der Waals surface area contributed by atoms with Crippen molar-refractivity contribution in [2.75, 3.05) is 13.1 Å². The minimum Gasteiger partial charge on any atom is -0.328 e. The third-order valence-corrected chi connectivity index (χ3v) is 2.99. The fraction of sp³-hybridized carbons (Fsp3) is 0.800. The maximum Gasteiger partial charge on any atom is 0.451 e. The van der Waals surface area contributed by atoms with Gasteiger partial charge in [-0.1, -0.05) is 0 Å². The molecule has 2 rings (SSSR count). The van der Waals surface area contributed by atoms with Crippen LogP contribution in [0.5, 0.6) is 0 Å². The normalized spacial score (nSPS) is 18.7. The van der Waals surface area contributed by atoms with E-state index in [1.807, 2.05) is 11.8 Å². The summed E-state index contributed by atoms with van der Waals surface area (Å²) in [4.78, 5) is 2.05. The second-order valence-corrected chi connectivity index (χ2v) is 4.63. The summed E-state index contributed by atoms with van der Waals surface area (Å²) in [5.74, 6) is -0.525. The number of nitrogens with zero attached hydrogens (tertiary/aromatic N) is 4. The van der Waals surface area contributed by atoms with E-state index in [-0.39, 0.29) is 12.6 Å². The first kappa shape index (κ1) is 13.3. The highest BCUT2D eigenvalue weighted by Crippen LogP contribution is 2.29. The molecule has 0 amide bonds. The molecule has 2 N–H and O–H groups in total. The lowest BCUT2D eigenvalue weighted by molar-refractivity contribution is -0.148. The highest BCUT2D eigenvalue weighted by Gasteiger charge is 2.39. The van der Waals surface area contributed by atoms with E-state index < -0.39 is 12.0 Å². The lowest BCUT2D eigenvalue weighted by Gasteiger charge is -2.28. The highest BCUT2D eigenvalue weighted by molar-refractivity contribution is 5.02. The van der Waals surface area contributed by atoms with Crippen LogP contribution in [0, 0.1) is 0 Å². The van der Waals surface area contributed by atoms with Crippen molar-refractivity contribution in [3.63, 3.8) is 0 Å². The Balaban J connectivity index is 2.05. The van der Waals surface area contributed by atoms with E-state index in [2.05, 4.69) is 10.2 Å². The SMILES string of the molecule is CC(N)CCN1CCn2c(nnc2C(F)(F)F)C1. The lowest BCUT2D eigenvalue weighted by Crippen LogP contribution is -2.37. The van der Waals surface area contributed by atoms with Gasteiger partial charge in [0.05, 0.1) is 6.54 Å². The zero-order valence-corrected chi connectivity index (χ0v) is 10.1. The predicted octanol–water partition coefficient (Wildman–Crippen LogP) is 0.850. The number of nitrogens with two attached hydrogens (primary N) is 1. The molecule has 0 aliphatic carbocycles. The Morgan fingerprint density at radius 2 is 2.06 bits per heavy atom. The summed E-state index contributed by atoms with van der Waals surface area (Å²) in [5.41, 5.74) is 5.66. The Bertz CT molecular complexity index is 412. The minimum atomic E-state index is -4.43. The van der Waals surface area contributed by atoms with Crippen LogP contribution >= 0.6 is 0 Å². The second kappa shape index (κ2) is 4.85. The van der Waals surface area contributed by atoms with E-state index in [0.29, 0.717) is 18.9 Å². The van der Waals surface area contributed by atoms with Crippen LogP contribution in [0.4, 0.5) is 13.2 Å². The summed E-state index contributed by atoms with van der Waals surface area (Å²) in [6.45, 7) is 3.92. The summed E-state index contributed by atoms with van der Waals surface area (Å²) >= 11 is 0. The van der Waals surface area contributed by atoms with Crippen LogP contribution in [-0.2, 0) is 19.3 Å². The third-order valence-electron chi connectivity index (χ3n) is 2.99. The number of rotatable bonds is 3. The van der Waals surface area contributed by atoms with E-state index in [4.69, 9.17) is 5.73 Å². The first-order chi connectivity index (χ1) is 8.38. The molecule has 0 bridgehead atoms. The summed E-state index contributed by atoms with van der Waals surface area (Å²) in [6, 6.07) is 0.0931. The third kappa shape index (κ3) is 2.81. The Morgan fingerprint density at radius 1 is 1.33 bits per heavy atom. The monoisotopic (exact) mass is 263 g/mol. The fourth-order valence-electron chi connectivity index (χ4n) is 1.99. The average Bonchev–Trinajstić information content (AvgIpc) is 2.68. The maximum absolute atomic E-state index is 12.6. The predicted molar refractivity (Wildman–Crippen MR) is 58.6 cm³/mol. The summed E-state index contributed by atoms with van der Waals surface area (Å²) in [7, 11) is 0. The van der Waals surface area contributed by atoms with Gasteiger partial charge >= 0.3 is 6.18 Å². The van der Waals surface area contributed by atoms with E-state index in [9.17, 15) is 13.2 Å². The van der Waals surface area contributed by atoms with Crippen molar-refractivity contribution in [2.45, 2.75) is 38.7 Å². The van der Waals surface area contributed by atoms with Crippen molar-refractivity contribution in [1.82, 2.24) is 19.7 Å². The van der Waals surface area contributed by atoms with Crippen LogP contribution in [0.1, 0.15) is 25.0 Å². The van der Waals surface area contributed by atoms with Gasteiger partial charge in [-0.3, -0.25) is 4.90 Å². The standard InChI is InChI=1S/C10H16F3N5/c1-7(14)2-3-17-4-5-18-8(6-17)15-16-9(18)10(11,12)13/h7H,2-6,14H2,1H3. The topological polar surface area (TPSA) is 60.0 Å². The molecule has 1 aliphatic rings. The Labute approximate surface area is 103 Å². The molecular weight excluding hydrogens is 247 g/mol. The Morgan fingerprint density at radius 3 is 2.67 bits per heavy atom. The first-order valence-corrected chi connectivity index (χ1v) is 5.85. The van der Waals surface area contributed by atoms with E-state index >= 15 is 0 Å². The molecule has 18 heavy (non-hydrogen) atoms. The molecule has 1 aromatic rings. The van der Waals surface area contributed by atoms with Gasteiger partial charge in [-0.2, -0.15) is 13.2 Å². The van der Waals surface area contributed by atoms with Crippen LogP contribution in [-0.4, -0.2) is 38.8 Å². The number of hydrogen-bond acceptors (Lipinski definition) is 4. The largest absolute Gasteiger partial charge is 0.451 e. The van der Waals surface area contributed by atoms with E-state index in [1.165, 1.54) is 0 Å². The van der Waals surface area contributed by atoms with Crippen LogP contribution in [0.3, 0.4) is 0 Å². The number of fused-ring (bicyclic) bond motifs is 1. The molecule has 0 aromatic carbocycles. The van der Waals surface area contributed by atoms with Crippen molar-refractivity contribution in [1.29, 1.82) is 0 Å². The van der Waals surface area contributed by atoms with Crippen molar-refractivity contribution in [3.05, 3.63) is 11.6 Å². The van der Waals surface area contributed by atoms with Gasteiger partial charge in [0.1, 0.15) is 5.82 Å².